The van der Waals surface area contributed by atoms with Crippen molar-refractivity contribution in [1.29, 1.82) is 0 Å². The Balaban J connectivity index is 1.55. The van der Waals surface area contributed by atoms with Gasteiger partial charge in [0.05, 0.1) is 12.2 Å². The van der Waals surface area contributed by atoms with Gasteiger partial charge in [-0.1, -0.05) is 42.5 Å². The maximum Gasteiger partial charge on any atom is 0.340 e. The summed E-state index contributed by atoms with van der Waals surface area (Å²) in [6, 6.07) is 13.8. The van der Waals surface area contributed by atoms with E-state index in [9.17, 15) is 14.4 Å². The molecule has 0 aliphatic carbocycles. The molecule has 0 spiro atoms. The van der Waals surface area contributed by atoms with Crippen molar-refractivity contribution in [2.45, 2.75) is 57.8 Å². The minimum absolute atomic E-state index is 0.0527. The van der Waals surface area contributed by atoms with Crippen molar-refractivity contribution in [3.63, 3.8) is 0 Å². The van der Waals surface area contributed by atoms with E-state index >= 15 is 0 Å². The van der Waals surface area contributed by atoms with E-state index in [2.05, 4.69) is 6.58 Å². The standard InChI is InChI=1S/C28H30O10/c1-5-14-32-21-12-10-19(11-13-21)26(31)38-28-25(35-18(4)30)24(34-17(3)29)23-22(36-28)15-33-27(37-23)20-8-6-16(2)7-9-20/h5-13,22-25,27-28H,1,14-15H2,2-4H3/t22-,23-,24+,25-,27-,28+/m1/s1. The summed E-state index contributed by atoms with van der Waals surface area (Å²) in [5.74, 6) is -1.50. The molecule has 0 aromatic heterocycles. The van der Waals surface area contributed by atoms with E-state index in [1.165, 1.54) is 26.0 Å². The topological polar surface area (TPSA) is 116 Å². The van der Waals surface area contributed by atoms with Crippen LogP contribution in [0.15, 0.2) is 61.2 Å². The fourth-order valence-electron chi connectivity index (χ4n) is 4.19. The number of carbonyl (C=O) groups excluding carboxylic acids is 3. The van der Waals surface area contributed by atoms with Crippen LogP contribution in [0.4, 0.5) is 0 Å². The predicted octanol–water partition coefficient (Wildman–Crippen LogP) is 3.42. The molecule has 6 atom stereocenters. The van der Waals surface area contributed by atoms with Crippen LogP contribution in [0.1, 0.15) is 41.6 Å². The number of ether oxygens (including phenoxy) is 7. The summed E-state index contributed by atoms with van der Waals surface area (Å²) in [4.78, 5) is 37.0. The lowest BCUT2D eigenvalue weighted by Gasteiger charge is -2.47. The molecular weight excluding hydrogens is 496 g/mol. The number of carbonyl (C=O) groups is 3. The third-order valence-electron chi connectivity index (χ3n) is 5.92. The molecule has 4 rings (SSSR count). The molecule has 0 amide bonds. The summed E-state index contributed by atoms with van der Waals surface area (Å²) in [6.45, 7) is 8.34. The average molecular weight is 527 g/mol. The smallest absolute Gasteiger partial charge is 0.340 e. The van der Waals surface area contributed by atoms with Gasteiger partial charge < -0.3 is 33.2 Å². The first-order valence-electron chi connectivity index (χ1n) is 12.1. The van der Waals surface area contributed by atoms with Gasteiger partial charge in [0, 0.05) is 19.4 Å². The molecule has 2 saturated heterocycles. The van der Waals surface area contributed by atoms with Crippen molar-refractivity contribution in [2.24, 2.45) is 0 Å². The summed E-state index contributed by atoms with van der Waals surface area (Å²) in [7, 11) is 0. The minimum Gasteiger partial charge on any atom is -0.490 e. The molecule has 0 radical (unpaired) electrons. The molecule has 10 nitrogen and oxygen atoms in total. The molecule has 0 N–H and O–H groups in total. The van der Waals surface area contributed by atoms with Crippen LogP contribution in [0.3, 0.4) is 0 Å². The predicted molar refractivity (Wildman–Crippen MR) is 132 cm³/mol. The lowest BCUT2D eigenvalue weighted by Crippen LogP contribution is -2.64. The van der Waals surface area contributed by atoms with Crippen LogP contribution in [-0.2, 0) is 38.0 Å². The fraction of sp³-hybridized carbons (Fsp3) is 0.393. The van der Waals surface area contributed by atoms with E-state index in [1.807, 2.05) is 31.2 Å². The van der Waals surface area contributed by atoms with Gasteiger partial charge in [-0.3, -0.25) is 9.59 Å². The second-order valence-electron chi connectivity index (χ2n) is 8.90. The first-order valence-corrected chi connectivity index (χ1v) is 12.1. The second kappa shape index (κ2) is 12.2. The third-order valence-corrected chi connectivity index (χ3v) is 5.92. The van der Waals surface area contributed by atoms with E-state index in [4.69, 9.17) is 33.2 Å². The lowest BCUT2D eigenvalue weighted by atomic mass is 9.97. The monoisotopic (exact) mass is 526 g/mol. The fourth-order valence-corrected chi connectivity index (χ4v) is 4.19. The van der Waals surface area contributed by atoms with Gasteiger partial charge in [0.15, 0.2) is 12.4 Å². The highest BCUT2D eigenvalue weighted by Crippen LogP contribution is 2.37. The maximum atomic E-state index is 13.0. The summed E-state index contributed by atoms with van der Waals surface area (Å²) < 4.78 is 40.0. The minimum atomic E-state index is -1.39. The van der Waals surface area contributed by atoms with Gasteiger partial charge in [-0.2, -0.15) is 0 Å². The molecule has 2 aromatic carbocycles. The summed E-state index contributed by atoms with van der Waals surface area (Å²) in [6.07, 6.45) is -4.60. The molecule has 2 aliphatic rings. The zero-order valence-electron chi connectivity index (χ0n) is 21.4. The van der Waals surface area contributed by atoms with Crippen LogP contribution in [0.2, 0.25) is 0 Å². The Kier molecular flexibility index (Phi) is 8.77. The Hall–Kier alpha value is -3.73. The molecule has 202 valence electrons. The van der Waals surface area contributed by atoms with Gasteiger partial charge in [-0.05, 0) is 31.2 Å². The number of fused-ring (bicyclic) bond motifs is 1. The van der Waals surface area contributed by atoms with Crippen LogP contribution in [0.5, 0.6) is 5.75 Å². The van der Waals surface area contributed by atoms with Gasteiger partial charge >= 0.3 is 17.9 Å². The van der Waals surface area contributed by atoms with Crippen molar-refractivity contribution in [2.75, 3.05) is 13.2 Å². The Morgan fingerprint density at radius 2 is 1.58 bits per heavy atom. The molecular formula is C28H30O10. The highest BCUT2D eigenvalue weighted by atomic mass is 16.8. The van der Waals surface area contributed by atoms with Crippen molar-refractivity contribution in [3.05, 3.63) is 77.9 Å². The van der Waals surface area contributed by atoms with Gasteiger partial charge in [0.2, 0.25) is 12.4 Å². The molecule has 0 unspecified atom stereocenters. The molecule has 2 heterocycles. The summed E-state index contributed by atoms with van der Waals surface area (Å²) in [5.41, 5.74) is 2.04. The van der Waals surface area contributed by atoms with E-state index in [-0.39, 0.29) is 12.2 Å². The second-order valence-corrected chi connectivity index (χ2v) is 8.90. The van der Waals surface area contributed by atoms with Crippen LogP contribution in [-0.4, -0.2) is 61.8 Å². The first kappa shape index (κ1) is 27.3. The van der Waals surface area contributed by atoms with Crippen LogP contribution < -0.4 is 4.74 Å². The molecule has 0 bridgehead atoms. The maximum absolute atomic E-state index is 13.0. The molecule has 2 aromatic rings. The average Bonchev–Trinajstić information content (AvgIpc) is 2.89. The zero-order valence-corrected chi connectivity index (χ0v) is 21.4. The van der Waals surface area contributed by atoms with Crippen LogP contribution in [0.25, 0.3) is 0 Å². The van der Waals surface area contributed by atoms with E-state index in [0.29, 0.717) is 12.4 Å². The van der Waals surface area contributed by atoms with Crippen molar-refractivity contribution in [3.8, 4) is 5.75 Å². The first-order chi connectivity index (χ1) is 18.2. The highest BCUT2D eigenvalue weighted by molar-refractivity contribution is 5.89. The van der Waals surface area contributed by atoms with Crippen molar-refractivity contribution >= 4 is 17.9 Å². The molecule has 2 aliphatic heterocycles. The lowest BCUT2D eigenvalue weighted by molar-refractivity contribution is -0.354. The van der Waals surface area contributed by atoms with E-state index in [0.717, 1.165) is 11.1 Å². The number of aryl methyl sites for hydroxylation is 1. The quantitative estimate of drug-likeness (QED) is 0.288. The number of rotatable bonds is 8. The Morgan fingerprint density at radius 3 is 2.21 bits per heavy atom. The molecule has 2 fully saturated rings. The van der Waals surface area contributed by atoms with E-state index in [1.54, 1.807) is 18.2 Å². The molecule has 0 saturated carbocycles. The third kappa shape index (κ3) is 6.58. The number of hydrogen-bond acceptors (Lipinski definition) is 10. The van der Waals surface area contributed by atoms with Crippen LogP contribution >= 0.6 is 0 Å². The Morgan fingerprint density at radius 1 is 0.921 bits per heavy atom. The van der Waals surface area contributed by atoms with Crippen LogP contribution in [0, 0.1) is 6.92 Å². The highest BCUT2D eigenvalue weighted by Gasteiger charge is 2.54. The SMILES string of the molecule is C=CCOc1ccc(C(=O)O[C@@H]2O[C@@H]3CO[C@@H](c4ccc(C)cc4)O[C@H]3[C@H](OC(C)=O)[C@H]2OC(C)=O)cc1. The Labute approximate surface area is 220 Å². The van der Waals surface area contributed by atoms with Gasteiger partial charge in [-0.25, -0.2) is 4.79 Å². The van der Waals surface area contributed by atoms with Gasteiger partial charge in [0.25, 0.3) is 0 Å². The van der Waals surface area contributed by atoms with Gasteiger partial charge in [0.1, 0.15) is 24.6 Å². The molecule has 10 heteroatoms. The normalized spacial score (nSPS) is 26.4. The largest absolute Gasteiger partial charge is 0.490 e. The Bertz CT molecular complexity index is 1140. The zero-order chi connectivity index (χ0) is 27.2. The van der Waals surface area contributed by atoms with Gasteiger partial charge in [-0.15, -0.1) is 0 Å². The number of hydrogen-bond donors (Lipinski definition) is 0. The number of benzene rings is 2. The van der Waals surface area contributed by atoms with Crippen molar-refractivity contribution < 1.29 is 47.5 Å². The summed E-state index contributed by atoms with van der Waals surface area (Å²) in [5, 5.41) is 0. The molecule has 38 heavy (non-hydrogen) atoms. The summed E-state index contributed by atoms with van der Waals surface area (Å²) >= 11 is 0. The number of esters is 3. The van der Waals surface area contributed by atoms with E-state index < -0.39 is 54.9 Å². The van der Waals surface area contributed by atoms with Crippen molar-refractivity contribution in [1.82, 2.24) is 0 Å².